The standard InChI is InChI=1S/C10H16N2O/c1-8(13)12-6-10(5-11,7-12)9(2,3)4/h6-7H2,1-4H3. The number of carbonyl (C=O) groups excluding carboxylic acids is 1. The van der Waals surface area contributed by atoms with Crippen molar-refractivity contribution in [1.29, 1.82) is 5.26 Å². The van der Waals surface area contributed by atoms with E-state index in [1.807, 2.05) is 20.8 Å². The molecule has 0 aromatic heterocycles. The molecular weight excluding hydrogens is 164 g/mol. The second-order valence-corrected chi connectivity index (χ2v) is 4.82. The third-order valence-electron chi connectivity index (χ3n) is 3.02. The smallest absolute Gasteiger partial charge is 0.219 e. The Balaban J connectivity index is 2.73. The number of nitrogens with zero attached hydrogens (tertiary/aromatic N) is 2. The lowest BCUT2D eigenvalue weighted by Gasteiger charge is -2.52. The summed E-state index contributed by atoms with van der Waals surface area (Å²) < 4.78 is 0. The summed E-state index contributed by atoms with van der Waals surface area (Å²) in [6.45, 7) is 8.86. The monoisotopic (exact) mass is 180 g/mol. The fourth-order valence-corrected chi connectivity index (χ4v) is 1.54. The zero-order valence-electron chi connectivity index (χ0n) is 8.72. The molecule has 1 amide bonds. The highest BCUT2D eigenvalue weighted by molar-refractivity contribution is 5.74. The molecule has 0 aliphatic carbocycles. The van der Waals surface area contributed by atoms with Gasteiger partial charge in [0.15, 0.2) is 0 Å². The summed E-state index contributed by atoms with van der Waals surface area (Å²) in [7, 11) is 0. The molecule has 0 aromatic carbocycles. The molecule has 0 aromatic rings. The van der Waals surface area contributed by atoms with Crippen molar-refractivity contribution < 1.29 is 4.79 Å². The highest BCUT2D eigenvalue weighted by atomic mass is 16.2. The molecule has 72 valence electrons. The Kier molecular flexibility index (Phi) is 2.11. The first kappa shape index (κ1) is 10.0. The number of rotatable bonds is 0. The highest BCUT2D eigenvalue weighted by Crippen LogP contribution is 2.45. The summed E-state index contributed by atoms with van der Waals surface area (Å²) in [6.07, 6.45) is 0. The minimum Gasteiger partial charge on any atom is -0.340 e. The summed E-state index contributed by atoms with van der Waals surface area (Å²) in [4.78, 5) is 12.7. The maximum Gasteiger partial charge on any atom is 0.219 e. The normalized spacial score (nSPS) is 20.4. The van der Waals surface area contributed by atoms with Gasteiger partial charge in [0.05, 0.1) is 11.5 Å². The molecule has 3 heteroatoms. The first-order valence-electron chi connectivity index (χ1n) is 4.49. The van der Waals surface area contributed by atoms with Crippen LogP contribution in [0.3, 0.4) is 0 Å². The molecule has 0 N–H and O–H groups in total. The van der Waals surface area contributed by atoms with Crippen LogP contribution in [0.2, 0.25) is 0 Å². The Morgan fingerprint density at radius 2 is 1.92 bits per heavy atom. The van der Waals surface area contributed by atoms with Gasteiger partial charge >= 0.3 is 0 Å². The van der Waals surface area contributed by atoms with Crippen LogP contribution in [-0.2, 0) is 4.79 Å². The average Bonchev–Trinajstić information content (AvgIpc) is 1.81. The zero-order valence-corrected chi connectivity index (χ0v) is 8.72. The molecule has 0 radical (unpaired) electrons. The van der Waals surface area contributed by atoms with Crippen molar-refractivity contribution in [3.05, 3.63) is 0 Å². The molecule has 0 bridgehead atoms. The number of hydrogen-bond acceptors (Lipinski definition) is 2. The number of nitriles is 1. The summed E-state index contributed by atoms with van der Waals surface area (Å²) in [6, 6.07) is 2.35. The quantitative estimate of drug-likeness (QED) is 0.565. The number of carbonyl (C=O) groups is 1. The van der Waals surface area contributed by atoms with Crippen molar-refractivity contribution in [2.24, 2.45) is 10.8 Å². The van der Waals surface area contributed by atoms with E-state index < -0.39 is 0 Å². The Bertz CT molecular complexity index is 264. The predicted molar refractivity (Wildman–Crippen MR) is 49.8 cm³/mol. The number of likely N-dealkylation sites (tertiary alicyclic amines) is 1. The van der Waals surface area contributed by atoms with Crippen LogP contribution < -0.4 is 0 Å². The van der Waals surface area contributed by atoms with Gasteiger partial charge in [-0.1, -0.05) is 20.8 Å². The van der Waals surface area contributed by atoms with Gasteiger partial charge < -0.3 is 4.90 Å². The van der Waals surface area contributed by atoms with Crippen molar-refractivity contribution >= 4 is 5.91 Å². The van der Waals surface area contributed by atoms with Gasteiger partial charge in [-0.05, 0) is 5.41 Å². The van der Waals surface area contributed by atoms with Crippen LogP contribution in [0, 0.1) is 22.2 Å². The van der Waals surface area contributed by atoms with Gasteiger partial charge in [0.2, 0.25) is 5.91 Å². The molecule has 1 heterocycles. The first-order chi connectivity index (χ1) is 5.82. The molecule has 0 atom stereocenters. The Morgan fingerprint density at radius 3 is 2.15 bits per heavy atom. The predicted octanol–water partition coefficient (Wildman–Crippen LogP) is 1.40. The maximum atomic E-state index is 11.0. The van der Waals surface area contributed by atoms with E-state index in [9.17, 15) is 4.79 Å². The van der Waals surface area contributed by atoms with Crippen molar-refractivity contribution in [2.75, 3.05) is 13.1 Å². The van der Waals surface area contributed by atoms with Crippen LogP contribution in [-0.4, -0.2) is 23.9 Å². The Morgan fingerprint density at radius 1 is 1.46 bits per heavy atom. The third-order valence-corrected chi connectivity index (χ3v) is 3.02. The minimum atomic E-state index is -0.335. The van der Waals surface area contributed by atoms with Crippen LogP contribution in [0.25, 0.3) is 0 Å². The molecule has 1 fully saturated rings. The third kappa shape index (κ3) is 1.41. The van der Waals surface area contributed by atoms with Gasteiger partial charge in [-0.3, -0.25) is 4.79 Å². The van der Waals surface area contributed by atoms with Gasteiger partial charge in [-0.2, -0.15) is 5.26 Å². The molecule has 1 saturated heterocycles. The van der Waals surface area contributed by atoms with Crippen molar-refractivity contribution in [1.82, 2.24) is 4.90 Å². The van der Waals surface area contributed by atoms with E-state index in [2.05, 4.69) is 6.07 Å². The van der Waals surface area contributed by atoms with E-state index in [1.54, 1.807) is 11.8 Å². The molecule has 0 spiro atoms. The van der Waals surface area contributed by atoms with E-state index in [0.717, 1.165) is 0 Å². The van der Waals surface area contributed by atoms with Crippen molar-refractivity contribution in [3.8, 4) is 6.07 Å². The topological polar surface area (TPSA) is 44.1 Å². The van der Waals surface area contributed by atoms with E-state index in [4.69, 9.17) is 5.26 Å². The summed E-state index contributed by atoms with van der Waals surface area (Å²) >= 11 is 0. The van der Waals surface area contributed by atoms with E-state index in [1.165, 1.54) is 0 Å². The summed E-state index contributed by atoms with van der Waals surface area (Å²) in [5, 5.41) is 9.08. The molecule has 0 saturated carbocycles. The summed E-state index contributed by atoms with van der Waals surface area (Å²) in [5.41, 5.74) is -0.383. The fourth-order valence-electron chi connectivity index (χ4n) is 1.54. The van der Waals surface area contributed by atoms with Crippen LogP contribution in [0.1, 0.15) is 27.7 Å². The molecule has 1 aliphatic heterocycles. The number of amides is 1. The first-order valence-corrected chi connectivity index (χ1v) is 4.49. The van der Waals surface area contributed by atoms with Gasteiger partial charge in [0, 0.05) is 20.0 Å². The van der Waals surface area contributed by atoms with Crippen LogP contribution in [0.5, 0.6) is 0 Å². The van der Waals surface area contributed by atoms with Gasteiger partial charge in [-0.25, -0.2) is 0 Å². The summed E-state index contributed by atoms with van der Waals surface area (Å²) in [5.74, 6) is 0.0649. The second kappa shape index (κ2) is 2.73. The van der Waals surface area contributed by atoms with E-state index in [-0.39, 0.29) is 16.7 Å². The van der Waals surface area contributed by atoms with Crippen LogP contribution in [0.4, 0.5) is 0 Å². The van der Waals surface area contributed by atoms with E-state index >= 15 is 0 Å². The number of hydrogen-bond donors (Lipinski definition) is 0. The van der Waals surface area contributed by atoms with E-state index in [0.29, 0.717) is 13.1 Å². The molecular formula is C10H16N2O. The van der Waals surface area contributed by atoms with Crippen LogP contribution >= 0.6 is 0 Å². The SMILES string of the molecule is CC(=O)N1CC(C#N)(C(C)(C)C)C1. The van der Waals surface area contributed by atoms with Crippen molar-refractivity contribution in [2.45, 2.75) is 27.7 Å². The molecule has 1 aliphatic rings. The van der Waals surface area contributed by atoms with Crippen LogP contribution in [0.15, 0.2) is 0 Å². The highest BCUT2D eigenvalue weighted by Gasteiger charge is 2.52. The lowest BCUT2D eigenvalue weighted by atomic mass is 9.63. The molecule has 3 nitrogen and oxygen atoms in total. The molecule has 0 unspecified atom stereocenters. The van der Waals surface area contributed by atoms with Gasteiger partial charge in [0.25, 0.3) is 0 Å². The van der Waals surface area contributed by atoms with Gasteiger partial charge in [0.1, 0.15) is 0 Å². The Labute approximate surface area is 79.3 Å². The van der Waals surface area contributed by atoms with Crippen molar-refractivity contribution in [3.63, 3.8) is 0 Å². The zero-order chi connectivity index (χ0) is 10.3. The maximum absolute atomic E-state index is 11.0. The lowest BCUT2D eigenvalue weighted by Crippen LogP contribution is -2.62. The minimum absolute atomic E-state index is 0.0479. The average molecular weight is 180 g/mol. The van der Waals surface area contributed by atoms with Gasteiger partial charge in [-0.15, -0.1) is 0 Å². The Hall–Kier alpha value is -1.04. The second-order valence-electron chi connectivity index (χ2n) is 4.82. The largest absolute Gasteiger partial charge is 0.340 e. The lowest BCUT2D eigenvalue weighted by molar-refractivity contribution is -0.143. The molecule has 13 heavy (non-hydrogen) atoms. The fraction of sp³-hybridized carbons (Fsp3) is 0.800. The molecule has 1 rings (SSSR count).